The molecule has 0 spiro atoms. The van der Waals surface area contributed by atoms with Crippen LogP contribution < -0.4 is 16.0 Å². The van der Waals surface area contributed by atoms with Crippen LogP contribution in [0.25, 0.3) is 0 Å². The number of fused-ring (bicyclic) bond motifs is 3. The average Bonchev–Trinajstić information content (AvgIpc) is 3.41. The summed E-state index contributed by atoms with van der Waals surface area (Å²) in [5, 5.41) is 9.13. The lowest BCUT2D eigenvalue weighted by Crippen LogP contribution is -2.61. The van der Waals surface area contributed by atoms with Crippen LogP contribution in [0.15, 0.2) is 12.2 Å². The highest BCUT2D eigenvalue weighted by Crippen LogP contribution is 2.34. The van der Waals surface area contributed by atoms with Crippen LogP contribution in [0.5, 0.6) is 0 Å². The summed E-state index contributed by atoms with van der Waals surface area (Å²) in [7, 11) is 0. The van der Waals surface area contributed by atoms with Gasteiger partial charge in [0.1, 0.15) is 23.2 Å². The van der Waals surface area contributed by atoms with Gasteiger partial charge in [-0.05, 0) is 72.1 Å². The number of esters is 1. The molecule has 10 nitrogen and oxygen atoms in total. The Morgan fingerprint density at radius 1 is 1.18 bits per heavy atom. The third-order valence-corrected chi connectivity index (χ3v) is 7.79. The van der Waals surface area contributed by atoms with Gasteiger partial charge in [-0.2, -0.15) is 0 Å². The number of allylic oxidation sites excluding steroid dienone is 2. The first kappa shape index (κ1) is 30.9. The van der Waals surface area contributed by atoms with Crippen molar-refractivity contribution in [1.82, 2.24) is 20.9 Å². The van der Waals surface area contributed by atoms with Crippen LogP contribution >= 0.6 is 0 Å². The van der Waals surface area contributed by atoms with Crippen molar-refractivity contribution in [3.05, 3.63) is 12.2 Å². The zero-order chi connectivity index (χ0) is 28.8. The smallest absolute Gasteiger partial charge is 0.408 e. The van der Waals surface area contributed by atoms with Gasteiger partial charge in [0, 0.05) is 25.6 Å². The lowest BCUT2D eigenvalue weighted by atomic mass is 9.87. The standard InChI is InChI=1S/C29H48N4O6/c1-7-38-26(36)29(6)15-19(2)13-11-9-8-10-12-14-22(31-27(37)39-28(3,4)5)25(35)33-18-20-16-30-17-21(20)23(33)24(34)32-29/h11,13,19-23,30H,7-10,12,14-18H2,1-6H3,(H,31,37)(H,32,34)/b13-11-/t19-,20+,21+,22+,23+,29+/m1/s1. The van der Waals surface area contributed by atoms with Crippen molar-refractivity contribution in [3.63, 3.8) is 0 Å². The Labute approximate surface area is 233 Å². The molecule has 3 N–H and O–H groups in total. The number of rotatable bonds is 3. The largest absolute Gasteiger partial charge is 0.464 e. The van der Waals surface area contributed by atoms with Gasteiger partial charge < -0.3 is 30.3 Å². The summed E-state index contributed by atoms with van der Waals surface area (Å²) in [6, 6.07) is -1.56. The Bertz CT molecular complexity index is 931. The van der Waals surface area contributed by atoms with Crippen molar-refractivity contribution in [3.8, 4) is 0 Å². The Morgan fingerprint density at radius 3 is 2.62 bits per heavy atom. The lowest BCUT2D eigenvalue weighted by Gasteiger charge is -2.35. The number of alkyl carbamates (subject to hydrolysis) is 1. The molecular formula is C29H48N4O6. The fraction of sp³-hybridized carbons (Fsp3) is 0.793. The van der Waals surface area contributed by atoms with E-state index in [1.807, 2.05) is 6.92 Å². The van der Waals surface area contributed by atoms with E-state index in [0.717, 1.165) is 25.7 Å². The van der Waals surface area contributed by atoms with Crippen molar-refractivity contribution in [2.24, 2.45) is 17.8 Å². The molecule has 6 atom stereocenters. The number of amides is 3. The van der Waals surface area contributed by atoms with Crippen LogP contribution in [0.1, 0.15) is 80.1 Å². The van der Waals surface area contributed by atoms with Gasteiger partial charge >= 0.3 is 12.1 Å². The molecule has 0 aromatic heterocycles. The Morgan fingerprint density at radius 2 is 1.92 bits per heavy atom. The topological polar surface area (TPSA) is 126 Å². The van der Waals surface area contributed by atoms with Crippen LogP contribution in [0.3, 0.4) is 0 Å². The molecule has 2 fully saturated rings. The maximum absolute atomic E-state index is 14.0. The molecule has 0 saturated carbocycles. The molecule has 0 radical (unpaired) electrons. The number of hydrogen-bond donors (Lipinski definition) is 3. The second kappa shape index (κ2) is 13.2. The second-order valence-corrected chi connectivity index (χ2v) is 12.5. The van der Waals surface area contributed by atoms with Crippen molar-refractivity contribution in [1.29, 1.82) is 0 Å². The van der Waals surface area contributed by atoms with Crippen molar-refractivity contribution < 1.29 is 28.7 Å². The molecule has 3 rings (SSSR count). The minimum absolute atomic E-state index is 0.0391. The maximum Gasteiger partial charge on any atom is 0.408 e. The first-order valence-corrected chi connectivity index (χ1v) is 14.5. The molecule has 3 aliphatic rings. The molecule has 3 aliphatic heterocycles. The Kier molecular flexibility index (Phi) is 10.4. The van der Waals surface area contributed by atoms with Crippen LogP contribution in [-0.2, 0) is 23.9 Å². The van der Waals surface area contributed by atoms with Gasteiger partial charge in [-0.15, -0.1) is 0 Å². The summed E-state index contributed by atoms with van der Waals surface area (Å²) in [6.07, 6.45) is 7.86. The van der Waals surface area contributed by atoms with E-state index >= 15 is 0 Å². The fourth-order valence-corrected chi connectivity index (χ4v) is 6.04. The van der Waals surface area contributed by atoms with E-state index in [1.54, 1.807) is 39.5 Å². The first-order valence-electron chi connectivity index (χ1n) is 14.5. The number of nitrogens with zero attached hydrogens (tertiary/aromatic N) is 1. The molecule has 0 bridgehead atoms. The SMILES string of the molecule is CCOC(=O)[C@]1(C)C[C@H](C)/C=C\CCCCC[C@H](NC(=O)OC(C)(C)C)C(=O)N2C[C@@H]3CNC[C@@H]3[C@H]2C(=O)N1. The van der Waals surface area contributed by atoms with E-state index < -0.39 is 35.3 Å². The number of ether oxygens (including phenoxy) is 2. The lowest BCUT2D eigenvalue weighted by molar-refractivity contribution is -0.154. The molecule has 39 heavy (non-hydrogen) atoms. The average molecular weight is 549 g/mol. The van der Waals surface area contributed by atoms with Crippen LogP contribution in [-0.4, -0.2) is 78.2 Å². The van der Waals surface area contributed by atoms with Crippen molar-refractivity contribution in [2.75, 3.05) is 26.2 Å². The van der Waals surface area contributed by atoms with Crippen molar-refractivity contribution >= 4 is 23.9 Å². The second-order valence-electron chi connectivity index (χ2n) is 12.5. The number of carbonyl (C=O) groups excluding carboxylic acids is 4. The van der Waals surface area contributed by atoms with Gasteiger partial charge in [-0.3, -0.25) is 9.59 Å². The molecule has 0 aromatic rings. The molecule has 2 saturated heterocycles. The maximum atomic E-state index is 14.0. The van der Waals surface area contributed by atoms with Crippen LogP contribution in [0, 0.1) is 17.8 Å². The predicted octanol–water partition coefficient (Wildman–Crippen LogP) is 2.91. The molecule has 0 aromatic carbocycles. The normalized spacial score (nSPS) is 33.5. The number of carbonyl (C=O) groups is 4. The van der Waals surface area contributed by atoms with Gasteiger partial charge in [-0.1, -0.05) is 31.9 Å². The van der Waals surface area contributed by atoms with Gasteiger partial charge in [0.2, 0.25) is 11.8 Å². The quantitative estimate of drug-likeness (QED) is 0.366. The Hall–Kier alpha value is -2.62. The molecule has 3 heterocycles. The van der Waals surface area contributed by atoms with E-state index in [2.05, 4.69) is 28.1 Å². The summed E-state index contributed by atoms with van der Waals surface area (Å²) in [5.41, 5.74) is -1.95. The highest BCUT2D eigenvalue weighted by molar-refractivity contribution is 5.95. The van der Waals surface area contributed by atoms with Gasteiger partial charge in [-0.25, -0.2) is 9.59 Å². The number of hydrogen-bond acceptors (Lipinski definition) is 7. The molecular weight excluding hydrogens is 500 g/mol. The minimum atomic E-state index is -1.25. The van der Waals surface area contributed by atoms with Gasteiger partial charge in [0.25, 0.3) is 0 Å². The van der Waals surface area contributed by atoms with Gasteiger partial charge in [0.15, 0.2) is 0 Å². The first-order chi connectivity index (χ1) is 18.3. The van der Waals surface area contributed by atoms with E-state index in [-0.39, 0.29) is 36.2 Å². The summed E-state index contributed by atoms with van der Waals surface area (Å²) >= 11 is 0. The number of nitrogens with one attached hydrogen (secondary N) is 3. The summed E-state index contributed by atoms with van der Waals surface area (Å²) in [4.78, 5) is 55.4. The zero-order valence-electron chi connectivity index (χ0n) is 24.5. The highest BCUT2D eigenvalue weighted by atomic mass is 16.6. The minimum Gasteiger partial charge on any atom is -0.464 e. The van der Waals surface area contributed by atoms with Crippen LogP contribution in [0.4, 0.5) is 4.79 Å². The third kappa shape index (κ3) is 8.19. The summed E-state index contributed by atoms with van der Waals surface area (Å²) < 4.78 is 10.8. The van der Waals surface area contributed by atoms with E-state index in [1.165, 1.54) is 0 Å². The fourth-order valence-electron chi connectivity index (χ4n) is 6.04. The highest BCUT2D eigenvalue weighted by Gasteiger charge is 2.52. The molecule has 10 heteroatoms. The zero-order valence-corrected chi connectivity index (χ0v) is 24.5. The van der Waals surface area contributed by atoms with Crippen LogP contribution in [0.2, 0.25) is 0 Å². The van der Waals surface area contributed by atoms with E-state index in [4.69, 9.17) is 9.47 Å². The predicted molar refractivity (Wildman–Crippen MR) is 148 cm³/mol. The summed E-state index contributed by atoms with van der Waals surface area (Å²) in [5.74, 6) is -1.06. The molecule has 0 unspecified atom stereocenters. The summed E-state index contributed by atoms with van der Waals surface area (Å²) in [6.45, 7) is 12.7. The monoisotopic (exact) mass is 548 g/mol. The van der Waals surface area contributed by atoms with E-state index in [9.17, 15) is 19.2 Å². The molecule has 0 aliphatic carbocycles. The third-order valence-electron chi connectivity index (χ3n) is 7.79. The molecule has 220 valence electrons. The molecule has 3 amide bonds. The van der Waals surface area contributed by atoms with Crippen molar-refractivity contribution in [2.45, 2.75) is 103 Å². The Balaban J connectivity index is 1.94. The van der Waals surface area contributed by atoms with E-state index in [0.29, 0.717) is 32.5 Å². The van der Waals surface area contributed by atoms with Gasteiger partial charge in [0.05, 0.1) is 6.61 Å².